The number of hydrogen-bond acceptors (Lipinski definition) is 3. The number of thioether (sulfide) groups is 1. The molecule has 0 bridgehead atoms. The van der Waals surface area contributed by atoms with E-state index in [1.807, 2.05) is 20.1 Å². The fraction of sp³-hybridized carbons (Fsp3) is 0.833. The molecule has 0 aromatic rings. The molecule has 0 unspecified atom stereocenters. The van der Waals surface area contributed by atoms with E-state index in [1.165, 1.54) is 0 Å². The van der Waals surface area contributed by atoms with Gasteiger partial charge in [0.05, 0.1) is 0 Å². The molecule has 0 saturated heterocycles. The van der Waals surface area contributed by atoms with Gasteiger partial charge in [0.15, 0.2) is 0 Å². The molecule has 6 heteroatoms. The average molecular weight is 276 g/mol. The summed E-state index contributed by atoms with van der Waals surface area (Å²) in [6.45, 7) is 4.44. The molecule has 0 rings (SSSR count). The van der Waals surface area contributed by atoms with Gasteiger partial charge in [-0.1, -0.05) is 13.8 Å². The second-order valence-electron chi connectivity index (χ2n) is 4.62. The summed E-state index contributed by atoms with van der Waals surface area (Å²) in [5.74, 6) is 0.322. The number of hydrogen-bond donors (Lipinski definition) is 3. The highest BCUT2D eigenvalue weighted by Gasteiger charge is 2.20. The molecule has 2 amide bonds. The SMILES string of the molecule is CSCCCCNC(=O)N[C@@H](CC(C)C)C(=O)O. The van der Waals surface area contributed by atoms with Crippen molar-refractivity contribution in [1.82, 2.24) is 10.6 Å². The lowest BCUT2D eigenvalue weighted by Crippen LogP contribution is -2.46. The van der Waals surface area contributed by atoms with Crippen molar-refractivity contribution in [2.75, 3.05) is 18.6 Å². The molecule has 0 aliphatic rings. The molecule has 0 aromatic carbocycles. The highest BCUT2D eigenvalue weighted by Crippen LogP contribution is 2.04. The van der Waals surface area contributed by atoms with E-state index in [9.17, 15) is 9.59 Å². The number of carboxylic acid groups (broad SMARTS) is 1. The van der Waals surface area contributed by atoms with Crippen molar-refractivity contribution in [2.24, 2.45) is 5.92 Å². The Labute approximate surface area is 113 Å². The van der Waals surface area contributed by atoms with Crippen LogP contribution in [-0.4, -0.2) is 41.7 Å². The average Bonchev–Trinajstić information content (AvgIpc) is 2.27. The van der Waals surface area contributed by atoms with Gasteiger partial charge < -0.3 is 15.7 Å². The van der Waals surface area contributed by atoms with Crippen molar-refractivity contribution in [2.45, 2.75) is 39.2 Å². The van der Waals surface area contributed by atoms with Gasteiger partial charge in [0, 0.05) is 6.54 Å². The zero-order valence-corrected chi connectivity index (χ0v) is 12.2. The second kappa shape index (κ2) is 10.1. The molecule has 5 nitrogen and oxygen atoms in total. The van der Waals surface area contributed by atoms with Crippen LogP contribution in [0.15, 0.2) is 0 Å². The molecule has 18 heavy (non-hydrogen) atoms. The summed E-state index contributed by atoms with van der Waals surface area (Å²) in [4.78, 5) is 22.4. The fourth-order valence-electron chi connectivity index (χ4n) is 1.48. The monoisotopic (exact) mass is 276 g/mol. The van der Waals surface area contributed by atoms with Crippen LogP contribution in [0, 0.1) is 5.92 Å². The first-order chi connectivity index (χ1) is 8.47. The van der Waals surface area contributed by atoms with E-state index in [0.29, 0.717) is 13.0 Å². The molecule has 0 aromatic heterocycles. The molecular formula is C12H24N2O3S. The molecule has 0 fully saturated rings. The minimum absolute atomic E-state index is 0.230. The topological polar surface area (TPSA) is 78.4 Å². The van der Waals surface area contributed by atoms with E-state index in [2.05, 4.69) is 10.6 Å². The van der Waals surface area contributed by atoms with E-state index in [1.54, 1.807) is 11.8 Å². The first-order valence-corrected chi connectivity index (χ1v) is 7.62. The summed E-state index contributed by atoms with van der Waals surface area (Å²) in [6, 6.07) is -1.21. The van der Waals surface area contributed by atoms with Crippen LogP contribution in [0.2, 0.25) is 0 Å². The van der Waals surface area contributed by atoms with E-state index >= 15 is 0 Å². The van der Waals surface area contributed by atoms with Crippen LogP contribution in [0.25, 0.3) is 0 Å². The van der Waals surface area contributed by atoms with Crippen molar-refractivity contribution in [3.8, 4) is 0 Å². The largest absolute Gasteiger partial charge is 0.480 e. The first kappa shape index (κ1) is 17.1. The Morgan fingerprint density at radius 1 is 1.28 bits per heavy atom. The van der Waals surface area contributed by atoms with Gasteiger partial charge in [-0.25, -0.2) is 9.59 Å². The Hall–Kier alpha value is -0.910. The predicted molar refractivity (Wildman–Crippen MR) is 75.0 cm³/mol. The normalized spacial score (nSPS) is 12.2. The molecule has 0 spiro atoms. The quantitative estimate of drug-likeness (QED) is 0.562. The fourth-order valence-corrected chi connectivity index (χ4v) is 1.97. The molecule has 0 saturated carbocycles. The lowest BCUT2D eigenvalue weighted by Gasteiger charge is -2.16. The number of aliphatic carboxylic acids is 1. The van der Waals surface area contributed by atoms with Crippen molar-refractivity contribution < 1.29 is 14.7 Å². The number of carboxylic acids is 1. The van der Waals surface area contributed by atoms with Gasteiger partial charge in [0.2, 0.25) is 0 Å². The number of unbranched alkanes of at least 4 members (excludes halogenated alkanes) is 1. The lowest BCUT2D eigenvalue weighted by atomic mass is 10.0. The molecule has 0 heterocycles. The molecular weight excluding hydrogens is 252 g/mol. The number of rotatable bonds is 9. The van der Waals surface area contributed by atoms with Gasteiger partial charge in [0.25, 0.3) is 0 Å². The van der Waals surface area contributed by atoms with Crippen molar-refractivity contribution >= 4 is 23.8 Å². The third-order valence-electron chi connectivity index (χ3n) is 2.37. The third-order valence-corrected chi connectivity index (χ3v) is 3.07. The summed E-state index contributed by atoms with van der Waals surface area (Å²) in [5, 5.41) is 14.1. The van der Waals surface area contributed by atoms with E-state index in [4.69, 9.17) is 5.11 Å². The van der Waals surface area contributed by atoms with Crippen molar-refractivity contribution in [3.63, 3.8) is 0 Å². The molecule has 0 aliphatic heterocycles. The van der Waals surface area contributed by atoms with Crippen LogP contribution >= 0.6 is 11.8 Å². The smallest absolute Gasteiger partial charge is 0.326 e. The summed E-state index contributed by atoms with van der Waals surface area (Å²) in [5.41, 5.74) is 0. The second-order valence-corrected chi connectivity index (χ2v) is 5.61. The Bertz CT molecular complexity index is 260. The van der Waals surface area contributed by atoms with E-state index in [-0.39, 0.29) is 5.92 Å². The number of amides is 2. The maximum Gasteiger partial charge on any atom is 0.326 e. The maximum absolute atomic E-state index is 11.5. The van der Waals surface area contributed by atoms with Gasteiger partial charge in [0.1, 0.15) is 6.04 Å². The number of carbonyl (C=O) groups is 2. The molecule has 0 radical (unpaired) electrons. The minimum Gasteiger partial charge on any atom is -0.480 e. The Balaban J connectivity index is 3.85. The number of carbonyl (C=O) groups excluding carboxylic acids is 1. The Kier molecular flexibility index (Phi) is 9.55. The van der Waals surface area contributed by atoms with Crippen LogP contribution in [-0.2, 0) is 4.79 Å². The Morgan fingerprint density at radius 2 is 1.94 bits per heavy atom. The molecule has 106 valence electrons. The van der Waals surface area contributed by atoms with Crippen LogP contribution in [0.1, 0.15) is 33.1 Å². The van der Waals surface area contributed by atoms with Crippen LogP contribution in [0.4, 0.5) is 4.79 Å². The summed E-state index contributed by atoms with van der Waals surface area (Å²) >= 11 is 1.78. The summed E-state index contributed by atoms with van der Waals surface area (Å²) in [7, 11) is 0. The minimum atomic E-state index is -0.985. The highest BCUT2D eigenvalue weighted by molar-refractivity contribution is 7.98. The van der Waals surface area contributed by atoms with E-state index < -0.39 is 18.0 Å². The van der Waals surface area contributed by atoms with Gasteiger partial charge in [-0.05, 0) is 37.2 Å². The summed E-state index contributed by atoms with van der Waals surface area (Å²) < 4.78 is 0. The highest BCUT2D eigenvalue weighted by atomic mass is 32.2. The van der Waals surface area contributed by atoms with Crippen LogP contribution in [0.5, 0.6) is 0 Å². The van der Waals surface area contributed by atoms with Crippen LogP contribution in [0.3, 0.4) is 0 Å². The van der Waals surface area contributed by atoms with E-state index in [0.717, 1.165) is 18.6 Å². The maximum atomic E-state index is 11.5. The predicted octanol–water partition coefficient (Wildman–Crippen LogP) is 1.93. The lowest BCUT2D eigenvalue weighted by molar-refractivity contribution is -0.139. The van der Waals surface area contributed by atoms with Gasteiger partial charge in [-0.3, -0.25) is 0 Å². The van der Waals surface area contributed by atoms with Gasteiger partial charge in [-0.2, -0.15) is 11.8 Å². The van der Waals surface area contributed by atoms with Gasteiger partial charge >= 0.3 is 12.0 Å². The zero-order chi connectivity index (χ0) is 14.0. The molecule has 3 N–H and O–H groups in total. The Morgan fingerprint density at radius 3 is 2.44 bits per heavy atom. The van der Waals surface area contributed by atoms with Crippen LogP contribution < -0.4 is 10.6 Å². The van der Waals surface area contributed by atoms with Crippen molar-refractivity contribution in [3.05, 3.63) is 0 Å². The molecule has 0 aliphatic carbocycles. The number of urea groups is 1. The zero-order valence-electron chi connectivity index (χ0n) is 11.4. The third kappa shape index (κ3) is 9.15. The van der Waals surface area contributed by atoms with Crippen molar-refractivity contribution in [1.29, 1.82) is 0 Å². The molecule has 1 atom stereocenters. The summed E-state index contributed by atoms with van der Waals surface area (Å²) in [6.07, 6.45) is 4.45. The standard InChI is InChI=1S/C12H24N2O3S/c1-9(2)8-10(11(15)16)14-12(17)13-6-4-5-7-18-3/h9-10H,4-8H2,1-3H3,(H,15,16)(H2,13,14,17)/t10-/m0/s1. The number of nitrogens with one attached hydrogen (secondary N) is 2. The first-order valence-electron chi connectivity index (χ1n) is 6.23. The van der Waals surface area contributed by atoms with Gasteiger partial charge in [-0.15, -0.1) is 0 Å².